The van der Waals surface area contributed by atoms with E-state index in [0.717, 1.165) is 44.9 Å². The molecule has 2 heterocycles. The molecule has 2 fully saturated rings. The van der Waals surface area contributed by atoms with Crippen molar-refractivity contribution in [2.24, 2.45) is 5.92 Å². The molecular weight excluding hydrogens is 212 g/mol. The molecule has 2 rings (SSSR count). The quantitative estimate of drug-likeness (QED) is 0.817. The molecule has 0 aromatic carbocycles. The second-order valence-corrected chi connectivity index (χ2v) is 5.55. The van der Waals surface area contributed by atoms with Crippen molar-refractivity contribution in [1.29, 1.82) is 0 Å². The number of nitrogens with zero attached hydrogens (tertiary/aromatic N) is 1. The molecule has 2 saturated heterocycles. The zero-order valence-corrected chi connectivity index (χ0v) is 10.9. The van der Waals surface area contributed by atoms with Crippen LogP contribution in [0.1, 0.15) is 51.4 Å². The van der Waals surface area contributed by atoms with E-state index in [2.05, 4.69) is 10.2 Å². The van der Waals surface area contributed by atoms with E-state index < -0.39 is 0 Å². The van der Waals surface area contributed by atoms with Crippen LogP contribution < -0.4 is 5.32 Å². The van der Waals surface area contributed by atoms with Crippen LogP contribution in [0, 0.1) is 5.92 Å². The lowest BCUT2D eigenvalue weighted by Crippen LogP contribution is -2.34. The molecule has 2 aliphatic heterocycles. The van der Waals surface area contributed by atoms with Crippen molar-refractivity contribution in [2.75, 3.05) is 26.2 Å². The molecule has 3 nitrogen and oxygen atoms in total. The molecule has 1 N–H and O–H groups in total. The standard InChI is InChI=1S/C14H26N2O/c17-14(16-10-3-1-2-4-11-16)8-7-13-6-5-9-15-12-13/h13,15H,1-12H2. The fourth-order valence-corrected chi connectivity index (χ4v) is 2.98. The Morgan fingerprint density at radius 1 is 1.12 bits per heavy atom. The Morgan fingerprint density at radius 3 is 2.53 bits per heavy atom. The highest BCUT2D eigenvalue weighted by Crippen LogP contribution is 2.18. The van der Waals surface area contributed by atoms with E-state index in [1.807, 2.05) is 0 Å². The van der Waals surface area contributed by atoms with Crippen molar-refractivity contribution in [3.63, 3.8) is 0 Å². The number of piperidine rings is 1. The first-order valence-electron chi connectivity index (χ1n) is 7.35. The summed E-state index contributed by atoms with van der Waals surface area (Å²) in [7, 11) is 0. The molecule has 1 atom stereocenters. The van der Waals surface area contributed by atoms with Crippen LogP contribution in [0.25, 0.3) is 0 Å². The van der Waals surface area contributed by atoms with Crippen LogP contribution in [0.15, 0.2) is 0 Å². The summed E-state index contributed by atoms with van der Waals surface area (Å²) in [4.78, 5) is 14.2. The van der Waals surface area contributed by atoms with Gasteiger partial charge in [0.25, 0.3) is 0 Å². The Bertz CT molecular complexity index is 228. The van der Waals surface area contributed by atoms with Gasteiger partial charge in [0.2, 0.25) is 5.91 Å². The van der Waals surface area contributed by atoms with Gasteiger partial charge in [0.1, 0.15) is 0 Å². The molecule has 0 aromatic heterocycles. The molecule has 0 aliphatic carbocycles. The van der Waals surface area contributed by atoms with Gasteiger partial charge in [-0.3, -0.25) is 4.79 Å². The number of amides is 1. The van der Waals surface area contributed by atoms with Crippen molar-refractivity contribution in [3.05, 3.63) is 0 Å². The Kier molecular flexibility index (Phi) is 5.30. The van der Waals surface area contributed by atoms with Crippen LogP contribution in [0.2, 0.25) is 0 Å². The maximum absolute atomic E-state index is 12.1. The third-order valence-electron chi connectivity index (χ3n) is 4.12. The van der Waals surface area contributed by atoms with Gasteiger partial charge in [0.15, 0.2) is 0 Å². The molecule has 1 amide bonds. The summed E-state index contributed by atoms with van der Waals surface area (Å²) < 4.78 is 0. The minimum Gasteiger partial charge on any atom is -0.343 e. The summed E-state index contributed by atoms with van der Waals surface area (Å²) in [5, 5.41) is 3.42. The second kappa shape index (κ2) is 7.00. The van der Waals surface area contributed by atoms with E-state index in [1.165, 1.54) is 38.5 Å². The van der Waals surface area contributed by atoms with Crippen LogP contribution in [0.3, 0.4) is 0 Å². The Hall–Kier alpha value is -0.570. The minimum atomic E-state index is 0.400. The van der Waals surface area contributed by atoms with Gasteiger partial charge in [0.05, 0.1) is 0 Å². The second-order valence-electron chi connectivity index (χ2n) is 5.55. The molecular formula is C14H26N2O. The van der Waals surface area contributed by atoms with Gasteiger partial charge in [0, 0.05) is 19.5 Å². The Morgan fingerprint density at radius 2 is 1.88 bits per heavy atom. The van der Waals surface area contributed by atoms with Crippen LogP contribution in [-0.2, 0) is 4.79 Å². The normalized spacial score (nSPS) is 26.6. The summed E-state index contributed by atoms with van der Waals surface area (Å²) in [5.41, 5.74) is 0. The number of hydrogen-bond donors (Lipinski definition) is 1. The number of likely N-dealkylation sites (tertiary alicyclic amines) is 1. The molecule has 0 radical (unpaired) electrons. The van der Waals surface area contributed by atoms with E-state index >= 15 is 0 Å². The Labute approximate surface area is 105 Å². The lowest BCUT2D eigenvalue weighted by molar-refractivity contribution is -0.131. The van der Waals surface area contributed by atoms with Crippen molar-refractivity contribution in [3.8, 4) is 0 Å². The zero-order valence-electron chi connectivity index (χ0n) is 10.9. The molecule has 0 spiro atoms. The monoisotopic (exact) mass is 238 g/mol. The molecule has 17 heavy (non-hydrogen) atoms. The predicted octanol–water partition coefficient (Wildman–Crippen LogP) is 2.17. The third-order valence-corrected chi connectivity index (χ3v) is 4.12. The number of hydrogen-bond acceptors (Lipinski definition) is 2. The van der Waals surface area contributed by atoms with Crippen molar-refractivity contribution >= 4 is 5.91 Å². The highest BCUT2D eigenvalue weighted by Gasteiger charge is 2.18. The molecule has 0 aromatic rings. The average molecular weight is 238 g/mol. The van der Waals surface area contributed by atoms with Gasteiger partial charge in [-0.2, -0.15) is 0 Å². The van der Waals surface area contributed by atoms with Crippen molar-refractivity contribution < 1.29 is 4.79 Å². The van der Waals surface area contributed by atoms with E-state index in [4.69, 9.17) is 0 Å². The van der Waals surface area contributed by atoms with E-state index in [-0.39, 0.29) is 0 Å². The van der Waals surface area contributed by atoms with Gasteiger partial charge in [-0.25, -0.2) is 0 Å². The zero-order chi connectivity index (χ0) is 11.9. The summed E-state index contributed by atoms with van der Waals surface area (Å²) in [6.07, 6.45) is 9.46. The minimum absolute atomic E-state index is 0.400. The first kappa shape index (κ1) is 12.9. The molecule has 98 valence electrons. The average Bonchev–Trinajstić information content (AvgIpc) is 2.66. The van der Waals surface area contributed by atoms with E-state index in [0.29, 0.717) is 5.91 Å². The third kappa shape index (κ3) is 4.30. The first-order valence-corrected chi connectivity index (χ1v) is 7.35. The van der Waals surface area contributed by atoms with Crippen LogP contribution >= 0.6 is 0 Å². The summed E-state index contributed by atoms with van der Waals surface area (Å²) in [5.74, 6) is 1.14. The van der Waals surface area contributed by atoms with E-state index in [1.54, 1.807) is 0 Å². The van der Waals surface area contributed by atoms with Crippen molar-refractivity contribution in [1.82, 2.24) is 10.2 Å². The summed E-state index contributed by atoms with van der Waals surface area (Å²) in [6.45, 7) is 4.29. The fraction of sp³-hybridized carbons (Fsp3) is 0.929. The molecule has 0 bridgehead atoms. The van der Waals surface area contributed by atoms with Crippen LogP contribution in [-0.4, -0.2) is 37.0 Å². The van der Waals surface area contributed by atoms with Gasteiger partial charge in [-0.1, -0.05) is 12.8 Å². The molecule has 0 saturated carbocycles. The SMILES string of the molecule is O=C(CCC1CCCNC1)N1CCCCCC1. The first-order chi connectivity index (χ1) is 8.36. The number of rotatable bonds is 3. The van der Waals surface area contributed by atoms with E-state index in [9.17, 15) is 4.79 Å². The van der Waals surface area contributed by atoms with Crippen molar-refractivity contribution in [2.45, 2.75) is 51.4 Å². The van der Waals surface area contributed by atoms with Crippen LogP contribution in [0.5, 0.6) is 0 Å². The number of nitrogens with one attached hydrogen (secondary N) is 1. The molecule has 3 heteroatoms. The predicted molar refractivity (Wildman–Crippen MR) is 69.9 cm³/mol. The fourth-order valence-electron chi connectivity index (χ4n) is 2.98. The van der Waals surface area contributed by atoms with Gasteiger partial charge in [-0.15, -0.1) is 0 Å². The highest BCUT2D eigenvalue weighted by atomic mass is 16.2. The largest absolute Gasteiger partial charge is 0.343 e. The maximum atomic E-state index is 12.1. The topological polar surface area (TPSA) is 32.3 Å². The molecule has 1 unspecified atom stereocenters. The van der Waals surface area contributed by atoms with Gasteiger partial charge < -0.3 is 10.2 Å². The van der Waals surface area contributed by atoms with Gasteiger partial charge >= 0.3 is 0 Å². The lowest BCUT2D eigenvalue weighted by Gasteiger charge is -2.24. The van der Waals surface area contributed by atoms with Crippen LogP contribution in [0.4, 0.5) is 0 Å². The Balaban J connectivity index is 1.68. The summed E-state index contributed by atoms with van der Waals surface area (Å²) >= 11 is 0. The summed E-state index contributed by atoms with van der Waals surface area (Å²) in [6, 6.07) is 0. The number of carbonyl (C=O) groups is 1. The lowest BCUT2D eigenvalue weighted by atomic mass is 9.94. The molecule has 2 aliphatic rings. The van der Waals surface area contributed by atoms with Gasteiger partial charge in [-0.05, 0) is 51.1 Å². The highest BCUT2D eigenvalue weighted by molar-refractivity contribution is 5.76. The smallest absolute Gasteiger partial charge is 0.222 e. The number of carbonyl (C=O) groups excluding carboxylic acids is 1. The maximum Gasteiger partial charge on any atom is 0.222 e.